The molecule has 0 radical (unpaired) electrons. The molecule has 0 atom stereocenters. The van der Waals surface area contributed by atoms with Gasteiger partial charge in [0.25, 0.3) is 0 Å². The van der Waals surface area contributed by atoms with E-state index in [4.69, 9.17) is 0 Å². The molecule has 0 N–H and O–H groups in total. The van der Waals surface area contributed by atoms with E-state index in [1.807, 2.05) is 48.5 Å². The maximum atomic E-state index is 9.38. The van der Waals surface area contributed by atoms with E-state index in [2.05, 4.69) is 19.9 Å². The van der Waals surface area contributed by atoms with E-state index in [1.54, 1.807) is 12.4 Å². The Bertz CT molecular complexity index is 1450. The number of hydrogen-bond acceptors (Lipinski definition) is 6. The van der Waals surface area contributed by atoms with Crippen molar-refractivity contribution in [3.05, 3.63) is 60.2 Å². The summed E-state index contributed by atoms with van der Waals surface area (Å²) in [5.74, 6) is 0. The number of aromatic nitrogens is 4. The van der Waals surface area contributed by atoms with Crippen molar-refractivity contribution in [2.45, 2.75) is 0 Å². The largest absolute Gasteiger partial charge is 0.252 e. The molecule has 2 aromatic heterocycles. The molecule has 0 amide bonds. The molecule has 0 saturated heterocycles. The molecule has 0 unspecified atom stereocenters. The lowest BCUT2D eigenvalue weighted by molar-refractivity contribution is 1.20. The van der Waals surface area contributed by atoms with Gasteiger partial charge in [0.15, 0.2) is 11.4 Å². The minimum atomic E-state index is -0.00783. The lowest BCUT2D eigenvalue weighted by Gasteiger charge is -2.10. The highest BCUT2D eigenvalue weighted by Gasteiger charge is 2.18. The number of fused-ring (bicyclic) bond motifs is 8. The zero-order valence-corrected chi connectivity index (χ0v) is 13.3. The first-order valence-corrected chi connectivity index (χ1v) is 7.88. The molecule has 0 bridgehead atoms. The number of hydrogen-bond donors (Lipinski definition) is 0. The Morgan fingerprint density at radius 1 is 0.654 bits per heavy atom. The molecule has 0 fully saturated rings. The summed E-state index contributed by atoms with van der Waals surface area (Å²) in [6.07, 6.45) is 3.21. The normalized spacial score (nSPS) is 11.0. The molecule has 5 aromatic rings. The van der Waals surface area contributed by atoms with Crippen molar-refractivity contribution in [3.63, 3.8) is 0 Å². The van der Waals surface area contributed by atoms with Gasteiger partial charge in [-0.3, -0.25) is 9.97 Å². The van der Waals surface area contributed by atoms with Crippen molar-refractivity contribution in [2.75, 3.05) is 0 Å². The maximum Gasteiger partial charge on any atom is 0.177 e. The third kappa shape index (κ3) is 1.78. The summed E-state index contributed by atoms with van der Waals surface area (Å²) in [6.45, 7) is 0. The van der Waals surface area contributed by atoms with Gasteiger partial charge in [-0.15, -0.1) is 0 Å². The van der Waals surface area contributed by atoms with Crippen LogP contribution in [0.2, 0.25) is 0 Å². The van der Waals surface area contributed by atoms with Crippen LogP contribution in [0.4, 0.5) is 0 Å². The third-order valence-electron chi connectivity index (χ3n) is 4.45. The van der Waals surface area contributed by atoms with Gasteiger partial charge in [-0.2, -0.15) is 10.5 Å². The molecule has 0 aliphatic carbocycles. The van der Waals surface area contributed by atoms with Crippen LogP contribution >= 0.6 is 0 Å². The van der Waals surface area contributed by atoms with Crippen LogP contribution in [0, 0.1) is 22.7 Å². The second-order valence-electron chi connectivity index (χ2n) is 5.80. The van der Waals surface area contributed by atoms with Crippen molar-refractivity contribution in [3.8, 4) is 12.1 Å². The van der Waals surface area contributed by atoms with Gasteiger partial charge < -0.3 is 0 Å². The first-order chi connectivity index (χ1) is 12.8. The standard InChI is InChI=1S/C20H8N6/c21-9-14-15(10-22)26-20-18(25-14)16-12-4-2-1-3-11(12)5-6-13(16)17-19(20)24-8-7-23-17/h1-8H. The first-order valence-electron chi connectivity index (χ1n) is 7.88. The summed E-state index contributed by atoms with van der Waals surface area (Å²) in [5, 5.41) is 22.5. The highest BCUT2D eigenvalue weighted by Crippen LogP contribution is 2.35. The van der Waals surface area contributed by atoms with Crippen molar-refractivity contribution in [2.24, 2.45) is 0 Å². The summed E-state index contributed by atoms with van der Waals surface area (Å²) >= 11 is 0. The fourth-order valence-electron chi connectivity index (χ4n) is 3.36. The SMILES string of the molecule is N#Cc1nc2c3nccnc3c3ccc4ccccc4c3c2nc1C#N. The highest BCUT2D eigenvalue weighted by atomic mass is 14.9. The van der Waals surface area contributed by atoms with E-state index in [1.165, 1.54) is 0 Å². The van der Waals surface area contributed by atoms with E-state index >= 15 is 0 Å². The van der Waals surface area contributed by atoms with Crippen LogP contribution in [-0.4, -0.2) is 19.9 Å². The topological polar surface area (TPSA) is 99.1 Å². The second kappa shape index (κ2) is 5.17. The molecule has 5 rings (SSSR count). The van der Waals surface area contributed by atoms with E-state index in [-0.39, 0.29) is 11.4 Å². The Morgan fingerprint density at radius 2 is 1.35 bits per heavy atom. The van der Waals surface area contributed by atoms with Gasteiger partial charge >= 0.3 is 0 Å². The number of nitrogens with zero attached hydrogens (tertiary/aromatic N) is 6. The van der Waals surface area contributed by atoms with Crippen molar-refractivity contribution >= 4 is 43.6 Å². The zero-order chi connectivity index (χ0) is 17.7. The summed E-state index contributed by atoms with van der Waals surface area (Å²) in [7, 11) is 0. The van der Waals surface area contributed by atoms with E-state index in [9.17, 15) is 10.5 Å². The van der Waals surface area contributed by atoms with E-state index in [0.29, 0.717) is 22.1 Å². The molecule has 118 valence electrons. The van der Waals surface area contributed by atoms with Crippen molar-refractivity contribution in [1.82, 2.24) is 19.9 Å². The predicted molar refractivity (Wildman–Crippen MR) is 97.1 cm³/mol. The summed E-state index contributed by atoms with van der Waals surface area (Å²) in [6, 6.07) is 15.9. The van der Waals surface area contributed by atoms with Crippen LogP contribution in [0.5, 0.6) is 0 Å². The van der Waals surface area contributed by atoms with Crippen molar-refractivity contribution in [1.29, 1.82) is 10.5 Å². The molecule has 0 saturated carbocycles. The lowest BCUT2D eigenvalue weighted by Crippen LogP contribution is -1.99. The van der Waals surface area contributed by atoms with Crippen LogP contribution in [0.3, 0.4) is 0 Å². The van der Waals surface area contributed by atoms with Gasteiger partial charge in [0.2, 0.25) is 0 Å². The molecule has 6 heteroatoms. The van der Waals surface area contributed by atoms with Gasteiger partial charge in [0.05, 0.1) is 5.52 Å². The molecular weight excluding hydrogens is 324 g/mol. The summed E-state index contributed by atoms with van der Waals surface area (Å²) in [4.78, 5) is 17.8. The Hall–Kier alpha value is -4.16. The van der Waals surface area contributed by atoms with Gasteiger partial charge in [0, 0.05) is 23.2 Å². The first kappa shape index (κ1) is 14.2. The predicted octanol–water partition coefficient (Wildman–Crippen LogP) is 3.62. The van der Waals surface area contributed by atoms with Gasteiger partial charge in [-0.05, 0) is 10.8 Å². The number of nitriles is 2. The molecular formula is C20H8N6. The average Bonchev–Trinajstić information content (AvgIpc) is 2.72. The Balaban J connectivity index is 2.20. The number of benzene rings is 3. The van der Waals surface area contributed by atoms with Crippen LogP contribution in [0.1, 0.15) is 11.4 Å². The van der Waals surface area contributed by atoms with Crippen molar-refractivity contribution < 1.29 is 0 Å². The van der Waals surface area contributed by atoms with Gasteiger partial charge in [-0.1, -0.05) is 36.4 Å². The van der Waals surface area contributed by atoms with Gasteiger partial charge in [0.1, 0.15) is 28.7 Å². The van der Waals surface area contributed by atoms with E-state index in [0.717, 1.165) is 21.5 Å². The lowest BCUT2D eigenvalue weighted by atomic mass is 9.99. The van der Waals surface area contributed by atoms with E-state index < -0.39 is 0 Å². The molecule has 26 heavy (non-hydrogen) atoms. The van der Waals surface area contributed by atoms with Crippen LogP contribution in [0.15, 0.2) is 48.8 Å². The number of rotatable bonds is 0. The molecule has 0 aliphatic rings. The fourth-order valence-corrected chi connectivity index (χ4v) is 3.36. The quantitative estimate of drug-likeness (QED) is 0.402. The smallest absolute Gasteiger partial charge is 0.177 e. The highest BCUT2D eigenvalue weighted by molar-refractivity contribution is 6.27. The van der Waals surface area contributed by atoms with Crippen LogP contribution < -0.4 is 0 Å². The van der Waals surface area contributed by atoms with Crippen LogP contribution in [-0.2, 0) is 0 Å². The molecule has 6 nitrogen and oxygen atoms in total. The average molecular weight is 332 g/mol. The summed E-state index contributed by atoms with van der Waals surface area (Å²) < 4.78 is 0. The Labute approximate surface area is 147 Å². The van der Waals surface area contributed by atoms with Crippen LogP contribution in [0.25, 0.3) is 43.6 Å². The fraction of sp³-hybridized carbons (Fsp3) is 0. The monoisotopic (exact) mass is 332 g/mol. The maximum absolute atomic E-state index is 9.38. The summed E-state index contributed by atoms with van der Waals surface area (Å²) in [5.41, 5.74) is 2.30. The van der Waals surface area contributed by atoms with Gasteiger partial charge in [-0.25, -0.2) is 9.97 Å². The second-order valence-corrected chi connectivity index (χ2v) is 5.80. The molecule has 3 aromatic carbocycles. The Morgan fingerprint density at radius 3 is 2.12 bits per heavy atom. The minimum Gasteiger partial charge on any atom is -0.252 e. The molecule has 0 spiro atoms. The molecule has 2 heterocycles. The minimum absolute atomic E-state index is 0.00783. The Kier molecular flexibility index (Phi) is 2.82. The molecule has 0 aliphatic heterocycles. The zero-order valence-electron chi connectivity index (χ0n) is 13.3. The third-order valence-corrected chi connectivity index (χ3v) is 4.45.